The van der Waals surface area contributed by atoms with Crippen LogP contribution in [0.15, 0.2) is 27.6 Å². The molecule has 5 atom stereocenters. The number of carbonyl (C=O) groups is 2. The van der Waals surface area contributed by atoms with Gasteiger partial charge < -0.3 is 20.1 Å². The summed E-state index contributed by atoms with van der Waals surface area (Å²) in [6.07, 6.45) is -8.31. The number of hydrogen-bond acceptors (Lipinski definition) is 8. The van der Waals surface area contributed by atoms with E-state index in [2.05, 4.69) is 5.16 Å². The Balaban J connectivity index is 1.84. The van der Waals surface area contributed by atoms with Gasteiger partial charge in [-0.1, -0.05) is 11.2 Å². The molecular formula is C26H28F3N3O7S. The van der Waals surface area contributed by atoms with Crippen LogP contribution in [0.5, 0.6) is 0 Å². The molecule has 1 aromatic carbocycles. The summed E-state index contributed by atoms with van der Waals surface area (Å²) in [5, 5.41) is 22.2. The maximum absolute atomic E-state index is 14.3. The Morgan fingerprint density at radius 2 is 1.93 bits per heavy atom. The van der Waals surface area contributed by atoms with Gasteiger partial charge >= 0.3 is 12.1 Å². The number of aryl methyl sites for hydroxylation is 2. The molecule has 0 saturated heterocycles. The number of carbonyl (C=O) groups excluding carboxylic acids is 1. The first-order chi connectivity index (χ1) is 18.4. The molecule has 0 aliphatic heterocycles. The van der Waals surface area contributed by atoms with E-state index < -0.39 is 85.4 Å². The quantitative estimate of drug-likeness (QED) is 0.469. The fourth-order valence-electron chi connectivity index (χ4n) is 6.09. The molecule has 2 fully saturated rings. The highest BCUT2D eigenvalue weighted by Gasteiger charge is 2.75. The third kappa shape index (κ3) is 4.45. The monoisotopic (exact) mass is 583 g/mol. The average molecular weight is 584 g/mol. The zero-order valence-corrected chi connectivity index (χ0v) is 22.9. The Morgan fingerprint density at radius 3 is 2.38 bits per heavy atom. The number of nitriles is 1. The summed E-state index contributed by atoms with van der Waals surface area (Å²) in [6.45, 7) is 6.22. The van der Waals surface area contributed by atoms with Gasteiger partial charge in [0, 0.05) is 11.5 Å². The fourth-order valence-corrected chi connectivity index (χ4v) is 8.11. The number of aromatic nitrogens is 1. The van der Waals surface area contributed by atoms with Crippen LogP contribution in [0.2, 0.25) is 0 Å². The largest absolute Gasteiger partial charge is 0.481 e. The molecule has 0 bridgehead atoms. The Kier molecular flexibility index (Phi) is 7.08. The lowest BCUT2D eigenvalue weighted by molar-refractivity contribution is -0.163. The number of nitrogens with zero attached hydrogens (tertiary/aromatic N) is 2. The number of amides is 1. The maximum atomic E-state index is 14.3. The number of halogens is 3. The highest BCUT2D eigenvalue weighted by atomic mass is 32.2. The van der Waals surface area contributed by atoms with Crippen LogP contribution in [-0.4, -0.2) is 48.0 Å². The van der Waals surface area contributed by atoms with Crippen molar-refractivity contribution in [3.63, 3.8) is 0 Å². The number of nitrogens with two attached hydrogens (primary N) is 1. The van der Waals surface area contributed by atoms with Crippen molar-refractivity contribution in [1.29, 1.82) is 5.26 Å². The lowest BCUT2D eigenvalue weighted by Gasteiger charge is -2.33. The Bertz CT molecular complexity index is 1510. The normalized spacial score (nSPS) is 28.4. The molecule has 1 aromatic heterocycles. The first-order valence-corrected chi connectivity index (χ1v) is 14.0. The van der Waals surface area contributed by atoms with Crippen LogP contribution in [0.1, 0.15) is 50.1 Å². The van der Waals surface area contributed by atoms with E-state index in [0.29, 0.717) is 17.3 Å². The van der Waals surface area contributed by atoms with E-state index in [4.69, 9.17) is 15.0 Å². The molecular weight excluding hydrogens is 555 g/mol. The lowest BCUT2D eigenvalue weighted by atomic mass is 9.75. The molecule has 1 heterocycles. The minimum atomic E-state index is -5.08. The maximum Gasteiger partial charge on any atom is 0.417 e. The van der Waals surface area contributed by atoms with Gasteiger partial charge in [-0.25, -0.2) is 8.42 Å². The number of sulfone groups is 1. The second-order valence-corrected chi connectivity index (χ2v) is 12.9. The average Bonchev–Trinajstić information content (AvgIpc) is 3.35. The number of rotatable bonds is 8. The molecule has 14 heteroatoms. The van der Waals surface area contributed by atoms with Gasteiger partial charge in [0.25, 0.3) is 0 Å². The summed E-state index contributed by atoms with van der Waals surface area (Å²) in [5.74, 6) is -3.49. The molecule has 10 nitrogen and oxygen atoms in total. The highest BCUT2D eigenvalue weighted by molar-refractivity contribution is 7.92. The predicted octanol–water partition coefficient (Wildman–Crippen LogP) is 3.79. The number of ether oxygens (including phenoxy) is 1. The summed E-state index contributed by atoms with van der Waals surface area (Å²) >= 11 is 0. The van der Waals surface area contributed by atoms with Gasteiger partial charge in [-0.15, -0.1) is 0 Å². The van der Waals surface area contributed by atoms with Gasteiger partial charge in [0.15, 0.2) is 9.84 Å². The molecule has 3 N–H and O–H groups in total. The first-order valence-electron chi connectivity index (χ1n) is 12.4. The summed E-state index contributed by atoms with van der Waals surface area (Å²) in [6, 6.07) is 4.53. The van der Waals surface area contributed by atoms with Crippen LogP contribution in [0.4, 0.5) is 13.2 Å². The number of hydrogen-bond donors (Lipinski definition) is 2. The van der Waals surface area contributed by atoms with Crippen LogP contribution in [0, 0.1) is 41.9 Å². The van der Waals surface area contributed by atoms with Crippen LogP contribution in [0.25, 0.3) is 11.1 Å². The van der Waals surface area contributed by atoms with Crippen molar-refractivity contribution in [2.45, 2.75) is 75.5 Å². The Labute approximate surface area is 228 Å². The van der Waals surface area contributed by atoms with Gasteiger partial charge in [-0.05, 0) is 64.7 Å². The van der Waals surface area contributed by atoms with Crippen molar-refractivity contribution < 1.29 is 45.5 Å². The fraction of sp³-hybridized carbons (Fsp3) is 0.538. The minimum Gasteiger partial charge on any atom is -0.481 e. The highest BCUT2D eigenvalue weighted by Crippen LogP contribution is 2.67. The van der Waals surface area contributed by atoms with E-state index in [1.54, 1.807) is 19.9 Å². The number of aliphatic carboxylic acids is 1. The molecule has 4 rings (SSSR count). The number of carboxylic acid groups (broad SMARTS) is 1. The molecule has 2 aliphatic rings. The van der Waals surface area contributed by atoms with Gasteiger partial charge in [-0.2, -0.15) is 18.4 Å². The van der Waals surface area contributed by atoms with Gasteiger partial charge in [0.2, 0.25) is 5.91 Å². The molecule has 216 valence electrons. The first kappa shape index (κ1) is 29.5. The van der Waals surface area contributed by atoms with Gasteiger partial charge in [-0.3, -0.25) is 9.59 Å². The topological polar surface area (TPSA) is 174 Å². The van der Waals surface area contributed by atoms with Crippen LogP contribution >= 0.6 is 0 Å². The Hall–Kier alpha value is -3.44. The second-order valence-electron chi connectivity index (χ2n) is 10.7. The third-order valence-corrected chi connectivity index (χ3v) is 10.2. The molecule has 0 radical (unpaired) electrons. The molecule has 0 spiro atoms. The predicted molar refractivity (Wildman–Crippen MR) is 132 cm³/mol. The summed E-state index contributed by atoms with van der Waals surface area (Å²) in [4.78, 5) is 23.9. The summed E-state index contributed by atoms with van der Waals surface area (Å²) < 4.78 is 81.4. The molecule has 1 amide bonds. The number of primary amides is 1. The van der Waals surface area contributed by atoms with E-state index in [0.717, 1.165) is 6.07 Å². The summed E-state index contributed by atoms with van der Waals surface area (Å²) in [5.41, 5.74) is 0.762. The SMILES string of the molecule is Cc1noc(C)c1-c1ccc(S(=O)(=O)[C@@H]2C[C@H](OC(C)C)[C@@](C(=O)O)(C3CC3(C#N)C(N)=O)C2)c(C(F)(F)F)c1. The zero-order chi connectivity index (χ0) is 30.0. The van der Waals surface area contributed by atoms with Gasteiger partial charge in [0.1, 0.15) is 16.6 Å². The standard InChI is InChI=1S/C26H28F3N3O7S/c1-12(2)38-20-8-16(9-25(20,23(34)35)19-10-24(19,11-30)22(31)33)40(36,37)18-6-5-15(7-17(18)26(27,28)29)21-13(3)32-39-14(21)4/h5-7,12,16,19-20H,8-10H2,1-4H3,(H2,31,33)(H,34,35)/t16-,19?,20+,24?,25+/m1/s1. The van der Waals surface area contributed by atoms with Crippen LogP contribution in [0.3, 0.4) is 0 Å². The third-order valence-electron chi connectivity index (χ3n) is 8.03. The van der Waals surface area contributed by atoms with Crippen molar-refractivity contribution in [2.75, 3.05) is 0 Å². The number of benzene rings is 1. The molecule has 2 saturated carbocycles. The van der Waals surface area contributed by atoms with Crippen molar-refractivity contribution in [3.8, 4) is 17.2 Å². The van der Waals surface area contributed by atoms with Crippen LogP contribution < -0.4 is 5.73 Å². The van der Waals surface area contributed by atoms with E-state index in [-0.39, 0.29) is 17.7 Å². The van der Waals surface area contributed by atoms with E-state index in [1.807, 2.05) is 0 Å². The van der Waals surface area contributed by atoms with E-state index >= 15 is 0 Å². The second kappa shape index (κ2) is 9.59. The van der Waals surface area contributed by atoms with Gasteiger partial charge in [0.05, 0.1) is 39.7 Å². The molecule has 2 aliphatic carbocycles. The lowest BCUT2D eigenvalue weighted by Crippen LogP contribution is -2.45. The smallest absolute Gasteiger partial charge is 0.417 e. The van der Waals surface area contributed by atoms with Crippen molar-refractivity contribution in [1.82, 2.24) is 5.16 Å². The summed E-state index contributed by atoms with van der Waals surface area (Å²) in [7, 11) is -4.80. The molecule has 2 unspecified atom stereocenters. The minimum absolute atomic E-state index is 0.0492. The Morgan fingerprint density at radius 1 is 1.27 bits per heavy atom. The van der Waals surface area contributed by atoms with Crippen molar-refractivity contribution >= 4 is 21.7 Å². The van der Waals surface area contributed by atoms with Crippen LogP contribution in [-0.2, 0) is 30.3 Å². The molecule has 2 aromatic rings. The number of carboxylic acids is 1. The number of alkyl halides is 3. The molecule has 40 heavy (non-hydrogen) atoms. The van der Waals surface area contributed by atoms with E-state index in [9.17, 15) is 41.5 Å². The zero-order valence-electron chi connectivity index (χ0n) is 22.1. The van der Waals surface area contributed by atoms with E-state index in [1.165, 1.54) is 19.9 Å². The van der Waals surface area contributed by atoms with Crippen molar-refractivity contribution in [2.24, 2.45) is 22.5 Å². The van der Waals surface area contributed by atoms with Crippen molar-refractivity contribution in [3.05, 3.63) is 35.2 Å².